The molecule has 0 aliphatic carbocycles. The van der Waals surface area contributed by atoms with E-state index in [-0.39, 0.29) is 0 Å². The van der Waals surface area contributed by atoms with Crippen LogP contribution in [0.1, 0.15) is 23.7 Å². The monoisotopic (exact) mass is 256 g/mol. The van der Waals surface area contributed by atoms with Crippen LogP contribution in [0.2, 0.25) is 0 Å². The van der Waals surface area contributed by atoms with Gasteiger partial charge in [-0.05, 0) is 37.1 Å². The van der Waals surface area contributed by atoms with E-state index in [0.29, 0.717) is 0 Å². The van der Waals surface area contributed by atoms with Gasteiger partial charge in [0.2, 0.25) is 0 Å². The van der Waals surface area contributed by atoms with Gasteiger partial charge in [0.25, 0.3) is 0 Å². The minimum Gasteiger partial charge on any atom is -0.478 e. The Morgan fingerprint density at radius 3 is 2.63 bits per heavy atom. The molecule has 0 radical (unpaired) electrons. The van der Waals surface area contributed by atoms with Crippen molar-refractivity contribution in [2.45, 2.75) is 20.3 Å². The Bertz CT molecular complexity index is 610. The van der Waals surface area contributed by atoms with E-state index in [0.717, 1.165) is 29.4 Å². The Morgan fingerprint density at radius 1 is 1.37 bits per heavy atom. The second kappa shape index (κ2) is 5.52. The third kappa shape index (κ3) is 2.91. The number of aromatic nitrogens is 2. The fraction of sp³-hybridized carbons (Fsp3) is 0.200. The van der Waals surface area contributed by atoms with E-state index in [1.54, 1.807) is 17.0 Å². The van der Waals surface area contributed by atoms with Crippen molar-refractivity contribution in [3.8, 4) is 5.69 Å². The van der Waals surface area contributed by atoms with Crippen molar-refractivity contribution in [3.05, 3.63) is 53.4 Å². The Hall–Kier alpha value is -2.36. The molecule has 0 amide bonds. The molecule has 0 unspecified atom stereocenters. The number of carbonyl (C=O) groups is 1. The molecule has 1 N–H and O–H groups in total. The highest BCUT2D eigenvalue weighted by atomic mass is 16.4. The maximum Gasteiger partial charge on any atom is 0.328 e. The van der Waals surface area contributed by atoms with Crippen LogP contribution in [-0.2, 0) is 11.2 Å². The Balaban J connectivity index is 2.32. The third-order valence-corrected chi connectivity index (χ3v) is 3.04. The second-order valence-electron chi connectivity index (χ2n) is 4.29. The Labute approximate surface area is 112 Å². The molecule has 98 valence electrons. The van der Waals surface area contributed by atoms with Crippen molar-refractivity contribution in [2.24, 2.45) is 0 Å². The van der Waals surface area contributed by atoms with Crippen molar-refractivity contribution in [2.75, 3.05) is 0 Å². The van der Waals surface area contributed by atoms with Crippen LogP contribution in [-0.4, -0.2) is 20.9 Å². The molecule has 1 aromatic heterocycles. The zero-order valence-corrected chi connectivity index (χ0v) is 11.0. The smallest absolute Gasteiger partial charge is 0.328 e. The average molecular weight is 256 g/mol. The standard InChI is InChI=1S/C15H16N2O2/c1-3-12-4-7-14(8-5-12)17-11(2)13(10-16-17)6-9-15(18)19/h4-10H,3H2,1-2H3,(H,18,19)/b9-6+. The van der Waals surface area contributed by atoms with Crippen LogP contribution in [0.4, 0.5) is 0 Å². The first-order chi connectivity index (χ1) is 9.11. The van der Waals surface area contributed by atoms with Gasteiger partial charge in [0.1, 0.15) is 0 Å². The third-order valence-electron chi connectivity index (χ3n) is 3.04. The zero-order valence-electron chi connectivity index (χ0n) is 11.0. The van der Waals surface area contributed by atoms with E-state index in [4.69, 9.17) is 5.11 Å². The van der Waals surface area contributed by atoms with E-state index in [2.05, 4.69) is 24.2 Å². The minimum absolute atomic E-state index is 0.807. The van der Waals surface area contributed by atoms with E-state index in [1.807, 2.05) is 19.1 Å². The van der Waals surface area contributed by atoms with Crippen LogP contribution in [0.15, 0.2) is 36.5 Å². The van der Waals surface area contributed by atoms with Crippen molar-refractivity contribution in [1.29, 1.82) is 0 Å². The van der Waals surface area contributed by atoms with E-state index in [1.165, 1.54) is 5.56 Å². The SMILES string of the molecule is CCc1ccc(-n2ncc(/C=C/C(=O)O)c2C)cc1. The van der Waals surface area contributed by atoms with E-state index >= 15 is 0 Å². The molecule has 0 aliphatic heterocycles. The summed E-state index contributed by atoms with van der Waals surface area (Å²) in [7, 11) is 0. The molecule has 1 heterocycles. The number of nitrogens with zero attached hydrogens (tertiary/aromatic N) is 2. The van der Waals surface area contributed by atoms with Gasteiger partial charge in [0.05, 0.1) is 11.9 Å². The van der Waals surface area contributed by atoms with Crippen molar-refractivity contribution < 1.29 is 9.90 Å². The van der Waals surface area contributed by atoms with Gasteiger partial charge in [-0.15, -0.1) is 0 Å². The molecule has 0 saturated heterocycles. The molecule has 0 spiro atoms. The van der Waals surface area contributed by atoms with E-state index < -0.39 is 5.97 Å². The molecule has 1 aromatic carbocycles. The van der Waals surface area contributed by atoms with Gasteiger partial charge in [-0.2, -0.15) is 5.10 Å². The lowest BCUT2D eigenvalue weighted by atomic mass is 10.1. The molecular weight excluding hydrogens is 240 g/mol. The summed E-state index contributed by atoms with van der Waals surface area (Å²) >= 11 is 0. The highest BCUT2D eigenvalue weighted by Gasteiger charge is 2.06. The van der Waals surface area contributed by atoms with Gasteiger partial charge in [-0.25, -0.2) is 9.48 Å². The number of rotatable bonds is 4. The van der Waals surface area contributed by atoms with Crippen LogP contribution in [0.25, 0.3) is 11.8 Å². The van der Waals surface area contributed by atoms with Gasteiger partial charge < -0.3 is 5.11 Å². The maximum atomic E-state index is 10.5. The van der Waals surface area contributed by atoms with Crippen LogP contribution in [0, 0.1) is 6.92 Å². The van der Waals surface area contributed by atoms with Gasteiger partial charge in [-0.3, -0.25) is 0 Å². The quantitative estimate of drug-likeness (QED) is 0.856. The summed E-state index contributed by atoms with van der Waals surface area (Å²) < 4.78 is 1.81. The number of carboxylic acid groups (broad SMARTS) is 1. The molecule has 19 heavy (non-hydrogen) atoms. The molecule has 2 rings (SSSR count). The molecule has 0 fully saturated rings. The van der Waals surface area contributed by atoms with Gasteiger partial charge in [0.15, 0.2) is 0 Å². The highest BCUT2D eigenvalue weighted by molar-refractivity contribution is 5.85. The normalized spacial score (nSPS) is 11.1. The lowest BCUT2D eigenvalue weighted by Crippen LogP contribution is -1.99. The van der Waals surface area contributed by atoms with Crippen LogP contribution >= 0.6 is 0 Å². The predicted molar refractivity (Wildman–Crippen MR) is 74.3 cm³/mol. The molecule has 2 aromatic rings. The van der Waals surface area contributed by atoms with Crippen molar-refractivity contribution in [1.82, 2.24) is 9.78 Å². The Morgan fingerprint density at radius 2 is 2.05 bits per heavy atom. The number of benzene rings is 1. The van der Waals surface area contributed by atoms with Crippen molar-refractivity contribution >= 4 is 12.0 Å². The molecule has 0 saturated carbocycles. The summed E-state index contributed by atoms with van der Waals surface area (Å²) in [4.78, 5) is 10.5. The zero-order chi connectivity index (χ0) is 13.8. The van der Waals surface area contributed by atoms with Gasteiger partial charge in [0, 0.05) is 17.3 Å². The topological polar surface area (TPSA) is 55.1 Å². The molecule has 0 bridgehead atoms. The number of carboxylic acids is 1. The van der Waals surface area contributed by atoms with Gasteiger partial charge in [-0.1, -0.05) is 19.1 Å². The van der Waals surface area contributed by atoms with E-state index in [9.17, 15) is 4.79 Å². The Kier molecular flexibility index (Phi) is 3.80. The largest absolute Gasteiger partial charge is 0.478 e. The van der Waals surface area contributed by atoms with Crippen LogP contribution in [0.5, 0.6) is 0 Å². The first-order valence-corrected chi connectivity index (χ1v) is 6.16. The summed E-state index contributed by atoms with van der Waals surface area (Å²) in [6, 6.07) is 8.18. The maximum absolute atomic E-state index is 10.5. The lowest BCUT2D eigenvalue weighted by Gasteiger charge is -2.05. The van der Waals surface area contributed by atoms with Crippen LogP contribution in [0.3, 0.4) is 0 Å². The molecular formula is C15H16N2O2. The second-order valence-corrected chi connectivity index (χ2v) is 4.29. The number of hydrogen-bond acceptors (Lipinski definition) is 2. The summed E-state index contributed by atoms with van der Waals surface area (Å²) in [6.07, 6.45) is 5.35. The van der Waals surface area contributed by atoms with Crippen molar-refractivity contribution in [3.63, 3.8) is 0 Å². The lowest BCUT2D eigenvalue weighted by molar-refractivity contribution is -0.131. The summed E-state index contributed by atoms with van der Waals surface area (Å²) in [5.41, 5.74) is 3.98. The fourth-order valence-electron chi connectivity index (χ4n) is 1.88. The van der Waals surface area contributed by atoms with Crippen LogP contribution < -0.4 is 0 Å². The molecule has 0 atom stereocenters. The van der Waals surface area contributed by atoms with Gasteiger partial charge >= 0.3 is 5.97 Å². The molecule has 4 nitrogen and oxygen atoms in total. The summed E-state index contributed by atoms with van der Waals surface area (Å²) in [6.45, 7) is 4.03. The molecule has 4 heteroatoms. The first kappa shape index (κ1) is 13.1. The summed E-state index contributed by atoms with van der Waals surface area (Å²) in [5.74, 6) is -0.959. The average Bonchev–Trinajstić information content (AvgIpc) is 2.78. The number of aryl methyl sites for hydroxylation is 1. The number of hydrogen-bond donors (Lipinski definition) is 1. The summed E-state index contributed by atoms with van der Waals surface area (Å²) in [5, 5.41) is 12.9. The minimum atomic E-state index is -0.959. The number of aliphatic carboxylic acids is 1. The highest BCUT2D eigenvalue weighted by Crippen LogP contribution is 2.16. The molecule has 0 aliphatic rings. The predicted octanol–water partition coefficient (Wildman–Crippen LogP) is 2.84. The first-order valence-electron chi connectivity index (χ1n) is 6.16. The fourth-order valence-corrected chi connectivity index (χ4v) is 1.88.